The number of hydrogen-bond acceptors (Lipinski definition) is 8. The van der Waals surface area contributed by atoms with Crippen LogP contribution in [0, 0.1) is 43.8 Å². The molecule has 1 unspecified atom stereocenters. The molecule has 11 nitrogen and oxygen atoms in total. The van der Waals surface area contributed by atoms with Gasteiger partial charge in [-0.3, -0.25) is 24.0 Å². The molecular weight excluding hydrogens is 740 g/mol. The number of allylic oxidation sites excluding steroid dienone is 1. The normalized spacial score (nSPS) is 11.6. The second-order valence-electron chi connectivity index (χ2n) is 13.9. The van der Waals surface area contributed by atoms with Crippen molar-refractivity contribution in [3.8, 4) is 17.6 Å². The maximum absolute atomic E-state index is 13.2. The Balaban J connectivity index is 1.16. The summed E-state index contributed by atoms with van der Waals surface area (Å²) in [7, 11) is 0. The number of carbonyl (C=O) groups excluding carboxylic acids is 5. The highest BCUT2D eigenvalue weighted by molar-refractivity contribution is 6.09. The highest BCUT2D eigenvalue weighted by Crippen LogP contribution is 2.32. The molecule has 1 atom stereocenters. The lowest BCUT2D eigenvalue weighted by atomic mass is 9.94. The first-order valence-corrected chi connectivity index (χ1v) is 18.3. The van der Waals surface area contributed by atoms with Gasteiger partial charge in [-0.05, 0) is 111 Å². The molecule has 12 heteroatoms. The zero-order valence-corrected chi connectivity index (χ0v) is 32.3. The van der Waals surface area contributed by atoms with Crippen LogP contribution in [0.3, 0.4) is 0 Å². The number of aromatic hydroxyl groups is 2. The summed E-state index contributed by atoms with van der Waals surface area (Å²) in [6.45, 7) is 6.62. The van der Waals surface area contributed by atoms with Crippen molar-refractivity contribution in [1.29, 1.82) is 5.26 Å². The molecule has 0 aliphatic rings. The molecule has 58 heavy (non-hydrogen) atoms. The summed E-state index contributed by atoms with van der Waals surface area (Å²) in [6.07, 6.45) is 1.32. The fraction of sp³-hybridized carbons (Fsp3) is 0.174. The van der Waals surface area contributed by atoms with Crippen molar-refractivity contribution in [3.05, 3.63) is 153 Å². The number of nitriles is 1. The average Bonchev–Trinajstić information content (AvgIpc) is 3.21. The Morgan fingerprint density at radius 2 is 1.31 bits per heavy atom. The van der Waals surface area contributed by atoms with E-state index in [4.69, 9.17) is 0 Å². The van der Waals surface area contributed by atoms with Crippen LogP contribution >= 0.6 is 0 Å². The number of rotatable bonds is 14. The summed E-state index contributed by atoms with van der Waals surface area (Å²) in [5.41, 5.74) is 4.75. The van der Waals surface area contributed by atoms with Crippen molar-refractivity contribution in [3.63, 3.8) is 0 Å². The summed E-state index contributed by atoms with van der Waals surface area (Å²) < 4.78 is 13.2. The van der Waals surface area contributed by atoms with Gasteiger partial charge < -0.3 is 26.2 Å². The van der Waals surface area contributed by atoms with Crippen molar-refractivity contribution in [2.75, 3.05) is 16.0 Å². The second kappa shape index (κ2) is 18.5. The van der Waals surface area contributed by atoms with Gasteiger partial charge in [-0.2, -0.15) is 5.26 Å². The van der Waals surface area contributed by atoms with Crippen LogP contribution in [0.1, 0.15) is 78.7 Å². The van der Waals surface area contributed by atoms with Crippen molar-refractivity contribution in [2.45, 2.75) is 47.0 Å². The van der Waals surface area contributed by atoms with E-state index in [1.165, 1.54) is 48.5 Å². The van der Waals surface area contributed by atoms with E-state index in [1.54, 1.807) is 82.3 Å². The van der Waals surface area contributed by atoms with Crippen LogP contribution in [-0.4, -0.2) is 39.5 Å². The number of carbonyl (C=O) groups is 5. The summed E-state index contributed by atoms with van der Waals surface area (Å²) in [5, 5.41) is 38.6. The van der Waals surface area contributed by atoms with E-state index in [0.29, 0.717) is 44.8 Å². The SMILES string of the molecule is C/C(=C\c1ccc(F)cc1)C(=O)Cc1ccc(C(=O)CC(CC#N)C(=O)Nc2ccc(C(=O)Nc3ccc(C(=O)Nc4ccc(C)c(O)c4C)c(O)c3C)cc2)cc1. The van der Waals surface area contributed by atoms with Gasteiger partial charge in [0.05, 0.1) is 17.6 Å². The average molecular weight is 781 g/mol. The number of Topliss-reactive ketones (excluding diaryl/α,β-unsaturated/α-hetero) is 2. The lowest BCUT2D eigenvalue weighted by Crippen LogP contribution is -2.25. The third-order valence-electron chi connectivity index (χ3n) is 9.69. The molecule has 0 aromatic heterocycles. The van der Waals surface area contributed by atoms with Gasteiger partial charge in [0.1, 0.15) is 17.3 Å². The number of benzene rings is 5. The Labute approximate surface area is 334 Å². The number of phenols is 2. The first kappa shape index (κ1) is 41.8. The standard InChI is InChI=1S/C46H41FN4O7/c1-26-5-19-38(28(3)42(26)54)51-46(58)37-18-20-39(29(4)43(37)55)50-44(56)33-12-16-36(17-13-33)49-45(57)34(21-22-48)25-41(53)32-10-6-31(7-11-32)24-40(52)27(2)23-30-8-14-35(47)15-9-30/h5-20,23,34,54-55H,21,24-25H2,1-4H3,(H,49,57)(H,50,56)(H,51,58)/b27-23+. The summed E-state index contributed by atoms with van der Waals surface area (Å²) >= 11 is 0. The predicted molar refractivity (Wildman–Crippen MR) is 219 cm³/mol. The first-order valence-electron chi connectivity index (χ1n) is 18.3. The van der Waals surface area contributed by atoms with Crippen LogP contribution in [0.2, 0.25) is 0 Å². The van der Waals surface area contributed by atoms with E-state index >= 15 is 0 Å². The minimum atomic E-state index is -0.963. The molecule has 5 rings (SSSR count). The zero-order valence-electron chi connectivity index (χ0n) is 32.3. The van der Waals surface area contributed by atoms with Crippen LogP contribution in [0.5, 0.6) is 11.5 Å². The number of aryl methyl sites for hydroxylation is 1. The Morgan fingerprint density at radius 3 is 1.95 bits per heavy atom. The van der Waals surface area contributed by atoms with Crippen molar-refractivity contribution >= 4 is 52.4 Å². The number of phenolic OH excluding ortho intramolecular Hbond substituents is 2. The highest BCUT2D eigenvalue weighted by Gasteiger charge is 2.24. The Hall–Kier alpha value is -7.39. The molecule has 0 fully saturated rings. The second-order valence-corrected chi connectivity index (χ2v) is 13.9. The van der Waals surface area contributed by atoms with Crippen molar-refractivity contribution < 1.29 is 38.6 Å². The number of nitrogens with one attached hydrogen (secondary N) is 3. The number of ketones is 2. The molecule has 3 amide bonds. The third kappa shape index (κ3) is 10.3. The lowest BCUT2D eigenvalue weighted by Gasteiger charge is -2.15. The van der Waals surface area contributed by atoms with Gasteiger partial charge in [-0.25, -0.2) is 4.39 Å². The molecule has 0 heterocycles. The number of anilines is 3. The number of halogens is 1. The quantitative estimate of drug-likeness (QED) is 0.0548. The van der Waals surface area contributed by atoms with E-state index in [2.05, 4.69) is 16.0 Å². The maximum atomic E-state index is 13.2. The molecule has 0 bridgehead atoms. The van der Waals surface area contributed by atoms with Crippen molar-refractivity contribution in [2.24, 2.45) is 5.92 Å². The van der Waals surface area contributed by atoms with Gasteiger partial charge in [0.15, 0.2) is 11.6 Å². The molecule has 5 N–H and O–H groups in total. The van der Waals surface area contributed by atoms with Crippen LogP contribution in [-0.2, 0) is 16.0 Å². The van der Waals surface area contributed by atoms with E-state index < -0.39 is 23.6 Å². The molecular formula is C46H41FN4O7. The molecule has 0 radical (unpaired) electrons. The molecule has 0 spiro atoms. The van der Waals surface area contributed by atoms with Gasteiger partial charge in [-0.1, -0.05) is 42.5 Å². The monoisotopic (exact) mass is 780 g/mol. The van der Waals surface area contributed by atoms with Gasteiger partial charge in [0, 0.05) is 58.6 Å². The summed E-state index contributed by atoms with van der Waals surface area (Å²) in [6, 6.07) is 26.3. The van der Waals surface area contributed by atoms with Gasteiger partial charge in [0.2, 0.25) is 5.91 Å². The minimum Gasteiger partial charge on any atom is -0.507 e. The predicted octanol–water partition coefficient (Wildman–Crippen LogP) is 8.62. The highest BCUT2D eigenvalue weighted by atomic mass is 19.1. The van der Waals surface area contributed by atoms with Crippen LogP contribution in [0.25, 0.3) is 6.08 Å². The van der Waals surface area contributed by atoms with E-state index in [-0.39, 0.29) is 70.5 Å². The van der Waals surface area contributed by atoms with Crippen LogP contribution in [0.15, 0.2) is 103 Å². The smallest absolute Gasteiger partial charge is 0.259 e. The third-order valence-corrected chi connectivity index (χ3v) is 9.69. The topological polar surface area (TPSA) is 186 Å². The minimum absolute atomic E-state index is 0.0301. The lowest BCUT2D eigenvalue weighted by molar-refractivity contribution is -0.119. The first-order chi connectivity index (χ1) is 27.6. The van der Waals surface area contributed by atoms with Crippen molar-refractivity contribution in [1.82, 2.24) is 0 Å². The van der Waals surface area contributed by atoms with E-state index in [1.807, 2.05) is 6.07 Å². The molecule has 0 aliphatic heterocycles. The molecule has 0 saturated carbocycles. The Kier molecular flexibility index (Phi) is 13.3. The van der Waals surface area contributed by atoms with E-state index in [9.17, 15) is 43.8 Å². The summed E-state index contributed by atoms with van der Waals surface area (Å²) in [4.78, 5) is 65.2. The fourth-order valence-electron chi connectivity index (χ4n) is 6.06. The van der Waals surface area contributed by atoms with Crippen LogP contribution in [0.4, 0.5) is 21.5 Å². The van der Waals surface area contributed by atoms with Gasteiger partial charge >= 0.3 is 0 Å². The number of nitrogens with zero attached hydrogens (tertiary/aromatic N) is 1. The Morgan fingerprint density at radius 1 is 0.724 bits per heavy atom. The van der Waals surface area contributed by atoms with Crippen LogP contribution < -0.4 is 16.0 Å². The van der Waals surface area contributed by atoms with Gasteiger partial charge in [0.25, 0.3) is 11.8 Å². The zero-order chi connectivity index (χ0) is 42.1. The van der Waals surface area contributed by atoms with E-state index in [0.717, 1.165) is 0 Å². The molecule has 5 aromatic rings. The fourth-order valence-corrected chi connectivity index (χ4v) is 6.06. The molecule has 0 aliphatic carbocycles. The number of hydrogen-bond donors (Lipinski definition) is 5. The molecule has 5 aromatic carbocycles. The molecule has 0 saturated heterocycles. The largest absolute Gasteiger partial charge is 0.507 e. The number of amides is 3. The maximum Gasteiger partial charge on any atom is 0.259 e. The summed E-state index contributed by atoms with van der Waals surface area (Å²) in [5.74, 6) is -3.78. The molecule has 294 valence electrons. The Bertz CT molecular complexity index is 2470. The van der Waals surface area contributed by atoms with Gasteiger partial charge in [-0.15, -0.1) is 0 Å².